The van der Waals surface area contributed by atoms with E-state index in [9.17, 15) is 9.18 Å². The molecular weight excluding hydrogens is 373 g/mol. The van der Waals surface area contributed by atoms with Gasteiger partial charge in [-0.2, -0.15) is 0 Å². The molecule has 0 atom stereocenters. The highest BCUT2D eigenvalue weighted by molar-refractivity contribution is 9.10. The minimum absolute atomic E-state index is 0.263. The Bertz CT molecular complexity index is 868. The number of amides is 1. The third-order valence-electron chi connectivity index (χ3n) is 3.21. The summed E-state index contributed by atoms with van der Waals surface area (Å²) in [6.45, 7) is 0. The van der Waals surface area contributed by atoms with Crippen LogP contribution in [-0.2, 0) is 0 Å². The van der Waals surface area contributed by atoms with Gasteiger partial charge in [-0.05, 0) is 54.6 Å². The highest BCUT2D eigenvalue weighted by atomic mass is 79.9. The van der Waals surface area contributed by atoms with Crippen molar-refractivity contribution in [2.45, 2.75) is 0 Å². The molecule has 24 heavy (non-hydrogen) atoms. The van der Waals surface area contributed by atoms with E-state index in [2.05, 4.69) is 31.5 Å². The zero-order valence-corrected chi connectivity index (χ0v) is 14.0. The van der Waals surface area contributed by atoms with Crippen LogP contribution in [0.25, 0.3) is 0 Å². The molecule has 6 heteroatoms. The van der Waals surface area contributed by atoms with Gasteiger partial charge < -0.3 is 10.6 Å². The predicted octanol–water partition coefficient (Wildman–Crippen LogP) is 4.98. The molecule has 1 heterocycles. The normalized spacial score (nSPS) is 10.2. The van der Waals surface area contributed by atoms with Gasteiger partial charge in [0.1, 0.15) is 11.5 Å². The number of halogens is 2. The van der Waals surface area contributed by atoms with Crippen LogP contribution in [-0.4, -0.2) is 10.9 Å². The summed E-state index contributed by atoms with van der Waals surface area (Å²) in [5, 5.41) is 5.89. The Morgan fingerprint density at radius 1 is 0.958 bits per heavy atom. The van der Waals surface area contributed by atoms with E-state index in [-0.39, 0.29) is 17.4 Å². The molecule has 2 aromatic carbocycles. The average molecular weight is 386 g/mol. The lowest BCUT2D eigenvalue weighted by atomic mass is 10.2. The van der Waals surface area contributed by atoms with E-state index in [1.54, 1.807) is 18.3 Å². The van der Waals surface area contributed by atoms with Crippen LogP contribution in [0.3, 0.4) is 0 Å². The number of carbonyl (C=O) groups is 1. The molecule has 1 aromatic heterocycles. The van der Waals surface area contributed by atoms with Crippen LogP contribution >= 0.6 is 15.9 Å². The summed E-state index contributed by atoms with van der Waals surface area (Å²) < 4.78 is 13.9. The second-order valence-electron chi connectivity index (χ2n) is 5.03. The molecule has 0 radical (unpaired) electrons. The smallest absolute Gasteiger partial charge is 0.274 e. The van der Waals surface area contributed by atoms with Crippen LogP contribution in [0.4, 0.5) is 21.5 Å². The van der Waals surface area contributed by atoms with Crippen molar-refractivity contribution in [1.29, 1.82) is 0 Å². The van der Waals surface area contributed by atoms with Crippen LogP contribution in [0.1, 0.15) is 10.5 Å². The molecule has 3 aromatic rings. The van der Waals surface area contributed by atoms with Crippen molar-refractivity contribution in [3.63, 3.8) is 0 Å². The van der Waals surface area contributed by atoms with Crippen molar-refractivity contribution in [1.82, 2.24) is 4.98 Å². The molecule has 0 aliphatic rings. The van der Waals surface area contributed by atoms with E-state index in [0.717, 1.165) is 15.8 Å². The Morgan fingerprint density at radius 3 is 2.46 bits per heavy atom. The van der Waals surface area contributed by atoms with Gasteiger partial charge >= 0.3 is 0 Å². The summed E-state index contributed by atoms with van der Waals surface area (Å²) in [4.78, 5) is 16.3. The molecule has 0 spiro atoms. The Kier molecular flexibility index (Phi) is 4.86. The lowest BCUT2D eigenvalue weighted by Gasteiger charge is -2.09. The van der Waals surface area contributed by atoms with Crippen LogP contribution < -0.4 is 10.6 Å². The first kappa shape index (κ1) is 16.1. The van der Waals surface area contributed by atoms with Crippen molar-refractivity contribution in [2.24, 2.45) is 0 Å². The van der Waals surface area contributed by atoms with E-state index in [1.165, 1.54) is 24.3 Å². The lowest BCUT2D eigenvalue weighted by molar-refractivity contribution is 0.102. The summed E-state index contributed by atoms with van der Waals surface area (Å²) in [5.74, 6) is -0.717. The zero-order chi connectivity index (χ0) is 16.9. The largest absolute Gasteiger partial charge is 0.355 e. The molecule has 0 saturated heterocycles. The Labute approximate surface area is 146 Å². The highest BCUT2D eigenvalue weighted by Gasteiger charge is 2.09. The topological polar surface area (TPSA) is 54.0 Å². The molecule has 0 aliphatic heterocycles. The number of pyridine rings is 1. The quantitative estimate of drug-likeness (QED) is 0.665. The number of benzene rings is 2. The van der Waals surface area contributed by atoms with Crippen molar-refractivity contribution in [3.05, 3.63) is 82.8 Å². The first-order chi connectivity index (χ1) is 11.6. The molecule has 4 nitrogen and oxygen atoms in total. The van der Waals surface area contributed by atoms with Gasteiger partial charge in [0.25, 0.3) is 5.91 Å². The van der Waals surface area contributed by atoms with E-state index in [4.69, 9.17) is 0 Å². The summed E-state index contributed by atoms with van der Waals surface area (Å²) >= 11 is 3.41. The van der Waals surface area contributed by atoms with Gasteiger partial charge in [0.2, 0.25) is 0 Å². The number of hydrogen-bond donors (Lipinski definition) is 2. The highest BCUT2D eigenvalue weighted by Crippen LogP contribution is 2.21. The number of nitrogens with zero attached hydrogens (tertiary/aromatic N) is 1. The second kappa shape index (κ2) is 7.23. The monoisotopic (exact) mass is 385 g/mol. The van der Waals surface area contributed by atoms with Crippen molar-refractivity contribution in [2.75, 3.05) is 10.6 Å². The van der Waals surface area contributed by atoms with Gasteiger partial charge in [0.15, 0.2) is 0 Å². The molecule has 0 unspecified atom stereocenters. The standard InChI is InChI=1S/C18H13BrFN3O/c19-12-2-1-3-15(10-12)22-16-8-9-21-17(11-16)18(24)23-14-6-4-13(20)5-7-14/h1-11H,(H,21,22)(H,23,24). The summed E-state index contributed by atoms with van der Waals surface area (Å²) in [6.07, 6.45) is 1.56. The number of nitrogens with one attached hydrogen (secondary N) is 2. The Balaban J connectivity index is 1.74. The first-order valence-corrected chi connectivity index (χ1v) is 7.95. The molecular formula is C18H13BrFN3O. The van der Waals surface area contributed by atoms with Gasteiger partial charge in [-0.1, -0.05) is 22.0 Å². The van der Waals surface area contributed by atoms with Crippen molar-refractivity contribution in [3.8, 4) is 0 Å². The molecule has 0 aliphatic carbocycles. The first-order valence-electron chi connectivity index (χ1n) is 7.16. The van der Waals surface area contributed by atoms with Gasteiger partial charge in [0.05, 0.1) is 0 Å². The zero-order valence-electron chi connectivity index (χ0n) is 12.5. The minimum atomic E-state index is -0.362. The van der Waals surface area contributed by atoms with Gasteiger partial charge in [-0.15, -0.1) is 0 Å². The maximum atomic E-state index is 12.9. The Hall–Kier alpha value is -2.73. The maximum Gasteiger partial charge on any atom is 0.274 e. The van der Waals surface area contributed by atoms with Gasteiger partial charge in [0, 0.05) is 27.7 Å². The molecule has 2 N–H and O–H groups in total. The van der Waals surface area contributed by atoms with Crippen LogP contribution in [0, 0.1) is 5.82 Å². The molecule has 1 amide bonds. The van der Waals surface area contributed by atoms with Crippen LogP contribution in [0.15, 0.2) is 71.3 Å². The lowest BCUT2D eigenvalue weighted by Crippen LogP contribution is -2.13. The van der Waals surface area contributed by atoms with Gasteiger partial charge in [-0.3, -0.25) is 9.78 Å². The second-order valence-corrected chi connectivity index (χ2v) is 5.94. The minimum Gasteiger partial charge on any atom is -0.355 e. The summed E-state index contributed by atoms with van der Waals surface area (Å²) in [5.41, 5.74) is 2.40. The predicted molar refractivity (Wildman–Crippen MR) is 96.0 cm³/mol. The average Bonchev–Trinajstić information content (AvgIpc) is 2.57. The third kappa shape index (κ3) is 4.17. The Morgan fingerprint density at radius 2 is 1.71 bits per heavy atom. The van der Waals surface area contributed by atoms with Crippen molar-refractivity contribution < 1.29 is 9.18 Å². The van der Waals surface area contributed by atoms with Crippen LogP contribution in [0.5, 0.6) is 0 Å². The molecule has 0 saturated carbocycles. The fourth-order valence-electron chi connectivity index (χ4n) is 2.09. The fourth-order valence-corrected chi connectivity index (χ4v) is 2.49. The maximum absolute atomic E-state index is 12.9. The molecule has 120 valence electrons. The van der Waals surface area contributed by atoms with Crippen molar-refractivity contribution >= 4 is 38.9 Å². The van der Waals surface area contributed by atoms with E-state index in [0.29, 0.717) is 5.69 Å². The number of carbonyl (C=O) groups excluding carboxylic acids is 1. The van der Waals surface area contributed by atoms with E-state index >= 15 is 0 Å². The van der Waals surface area contributed by atoms with Crippen LogP contribution in [0.2, 0.25) is 0 Å². The number of anilines is 3. The molecule has 0 bridgehead atoms. The third-order valence-corrected chi connectivity index (χ3v) is 3.70. The number of rotatable bonds is 4. The fraction of sp³-hybridized carbons (Fsp3) is 0. The molecule has 3 rings (SSSR count). The SMILES string of the molecule is O=C(Nc1ccc(F)cc1)c1cc(Nc2cccc(Br)c2)ccn1. The molecule has 0 fully saturated rings. The number of aromatic nitrogens is 1. The van der Waals surface area contributed by atoms with Gasteiger partial charge in [-0.25, -0.2) is 4.39 Å². The summed E-state index contributed by atoms with van der Waals surface area (Å²) in [7, 11) is 0. The summed E-state index contributed by atoms with van der Waals surface area (Å²) in [6, 6.07) is 16.7. The number of hydrogen-bond acceptors (Lipinski definition) is 3. The van der Waals surface area contributed by atoms with E-state index < -0.39 is 0 Å². The van der Waals surface area contributed by atoms with E-state index in [1.807, 2.05) is 24.3 Å².